The Labute approximate surface area is 91.2 Å². The minimum Gasteiger partial charge on any atom is -0.396 e. The molecule has 88 valence electrons. The maximum absolute atomic E-state index is 11.9. The second-order valence-corrected chi connectivity index (χ2v) is 4.91. The van der Waals surface area contributed by atoms with E-state index in [0.29, 0.717) is 6.54 Å². The van der Waals surface area contributed by atoms with Gasteiger partial charge in [-0.1, -0.05) is 13.3 Å². The Balaban J connectivity index is 2.46. The summed E-state index contributed by atoms with van der Waals surface area (Å²) in [6, 6.07) is -0.0260. The highest BCUT2D eigenvalue weighted by Gasteiger charge is 2.42. The zero-order chi connectivity index (χ0) is 11.5. The number of amides is 1. The molecule has 0 bridgehead atoms. The molecule has 1 aliphatic rings. The first-order chi connectivity index (χ1) is 7.00. The van der Waals surface area contributed by atoms with Gasteiger partial charge < -0.3 is 16.2 Å². The molecule has 3 unspecified atom stereocenters. The summed E-state index contributed by atoms with van der Waals surface area (Å²) in [5, 5.41) is 11.7. The molecule has 4 heteroatoms. The lowest BCUT2D eigenvalue weighted by molar-refractivity contribution is -0.130. The molecule has 15 heavy (non-hydrogen) atoms. The van der Waals surface area contributed by atoms with Gasteiger partial charge in [0.25, 0.3) is 0 Å². The summed E-state index contributed by atoms with van der Waals surface area (Å²) >= 11 is 0. The first-order valence-electron chi connectivity index (χ1n) is 5.65. The van der Waals surface area contributed by atoms with Crippen LogP contribution in [0.3, 0.4) is 0 Å². The van der Waals surface area contributed by atoms with Crippen LogP contribution < -0.4 is 11.1 Å². The SMILES string of the molecule is CC(CO)CNC(=O)C1(C)CCCC1N. The minimum atomic E-state index is -0.408. The Morgan fingerprint density at radius 3 is 2.87 bits per heavy atom. The summed E-state index contributed by atoms with van der Waals surface area (Å²) in [7, 11) is 0. The Morgan fingerprint density at radius 2 is 2.40 bits per heavy atom. The predicted molar refractivity (Wildman–Crippen MR) is 59.2 cm³/mol. The molecule has 4 nitrogen and oxygen atoms in total. The van der Waals surface area contributed by atoms with E-state index in [1.54, 1.807) is 0 Å². The Kier molecular flexibility index (Phi) is 4.11. The van der Waals surface area contributed by atoms with Crippen molar-refractivity contribution in [2.24, 2.45) is 17.1 Å². The largest absolute Gasteiger partial charge is 0.396 e. The number of aliphatic hydroxyl groups excluding tert-OH is 1. The quantitative estimate of drug-likeness (QED) is 0.628. The first-order valence-corrected chi connectivity index (χ1v) is 5.65. The molecule has 1 aliphatic carbocycles. The van der Waals surface area contributed by atoms with E-state index in [0.717, 1.165) is 19.3 Å². The highest BCUT2D eigenvalue weighted by Crippen LogP contribution is 2.36. The van der Waals surface area contributed by atoms with Gasteiger partial charge in [0, 0.05) is 19.2 Å². The van der Waals surface area contributed by atoms with Gasteiger partial charge in [-0.25, -0.2) is 0 Å². The van der Waals surface area contributed by atoms with Crippen LogP contribution in [0.2, 0.25) is 0 Å². The van der Waals surface area contributed by atoms with E-state index in [-0.39, 0.29) is 24.5 Å². The molecule has 0 aromatic carbocycles. The van der Waals surface area contributed by atoms with Crippen molar-refractivity contribution in [3.63, 3.8) is 0 Å². The number of nitrogens with two attached hydrogens (primary N) is 1. The topological polar surface area (TPSA) is 75.3 Å². The van der Waals surface area contributed by atoms with Crippen LogP contribution in [0.5, 0.6) is 0 Å². The van der Waals surface area contributed by atoms with Crippen LogP contribution in [0.25, 0.3) is 0 Å². The van der Waals surface area contributed by atoms with Crippen LogP contribution in [0.1, 0.15) is 33.1 Å². The molecular formula is C11H22N2O2. The predicted octanol–water partition coefficient (Wildman–Crippen LogP) is 0.248. The Morgan fingerprint density at radius 1 is 1.73 bits per heavy atom. The van der Waals surface area contributed by atoms with E-state index < -0.39 is 5.41 Å². The molecule has 0 heterocycles. The van der Waals surface area contributed by atoms with Crippen molar-refractivity contribution in [2.75, 3.05) is 13.2 Å². The minimum absolute atomic E-state index is 0.0260. The smallest absolute Gasteiger partial charge is 0.227 e. The lowest BCUT2D eigenvalue weighted by Gasteiger charge is -2.28. The fourth-order valence-corrected chi connectivity index (χ4v) is 2.01. The van der Waals surface area contributed by atoms with Crippen molar-refractivity contribution in [1.82, 2.24) is 5.32 Å². The third-order valence-corrected chi connectivity index (χ3v) is 3.47. The van der Waals surface area contributed by atoms with Crippen molar-refractivity contribution in [1.29, 1.82) is 0 Å². The van der Waals surface area contributed by atoms with Gasteiger partial charge in [-0.3, -0.25) is 4.79 Å². The number of aliphatic hydroxyl groups is 1. The summed E-state index contributed by atoms with van der Waals surface area (Å²) < 4.78 is 0. The summed E-state index contributed by atoms with van der Waals surface area (Å²) in [4.78, 5) is 11.9. The molecule has 1 fully saturated rings. The zero-order valence-corrected chi connectivity index (χ0v) is 9.62. The second-order valence-electron chi connectivity index (χ2n) is 4.91. The van der Waals surface area contributed by atoms with E-state index in [1.165, 1.54) is 0 Å². The van der Waals surface area contributed by atoms with Crippen LogP contribution in [-0.4, -0.2) is 30.2 Å². The lowest BCUT2D eigenvalue weighted by atomic mass is 9.84. The van der Waals surface area contributed by atoms with Crippen molar-refractivity contribution in [2.45, 2.75) is 39.2 Å². The maximum atomic E-state index is 11.9. The monoisotopic (exact) mass is 214 g/mol. The normalized spacial score (nSPS) is 32.7. The van der Waals surface area contributed by atoms with Gasteiger partial charge >= 0.3 is 0 Å². The zero-order valence-electron chi connectivity index (χ0n) is 9.62. The molecule has 4 N–H and O–H groups in total. The van der Waals surface area contributed by atoms with Gasteiger partial charge in [0.15, 0.2) is 0 Å². The van der Waals surface area contributed by atoms with Gasteiger partial charge in [0.05, 0.1) is 5.41 Å². The van der Waals surface area contributed by atoms with Gasteiger partial charge in [0.2, 0.25) is 5.91 Å². The van der Waals surface area contributed by atoms with Crippen molar-refractivity contribution < 1.29 is 9.90 Å². The average Bonchev–Trinajstić information content (AvgIpc) is 2.56. The molecule has 0 aromatic heterocycles. The number of hydrogen-bond donors (Lipinski definition) is 3. The van der Waals surface area contributed by atoms with Crippen LogP contribution >= 0.6 is 0 Å². The van der Waals surface area contributed by atoms with E-state index >= 15 is 0 Å². The van der Waals surface area contributed by atoms with E-state index in [9.17, 15) is 4.79 Å². The van der Waals surface area contributed by atoms with Crippen molar-refractivity contribution in [3.8, 4) is 0 Å². The molecule has 1 rings (SSSR count). The molecule has 0 radical (unpaired) electrons. The molecule has 0 aromatic rings. The van der Waals surface area contributed by atoms with Gasteiger partial charge in [-0.05, 0) is 25.7 Å². The summed E-state index contributed by atoms with van der Waals surface area (Å²) in [6.07, 6.45) is 2.83. The molecule has 3 atom stereocenters. The highest BCUT2D eigenvalue weighted by molar-refractivity contribution is 5.83. The van der Waals surface area contributed by atoms with Gasteiger partial charge in [-0.2, -0.15) is 0 Å². The molecule has 0 saturated heterocycles. The van der Waals surface area contributed by atoms with Crippen molar-refractivity contribution in [3.05, 3.63) is 0 Å². The number of carbonyl (C=O) groups excluding carboxylic acids is 1. The standard InChI is InChI=1S/C11H22N2O2/c1-8(7-14)6-13-10(15)11(2)5-3-4-9(11)12/h8-9,14H,3-7,12H2,1-2H3,(H,13,15). The Hall–Kier alpha value is -0.610. The fourth-order valence-electron chi connectivity index (χ4n) is 2.01. The number of hydrogen-bond acceptors (Lipinski definition) is 3. The Bertz CT molecular complexity index is 233. The number of rotatable bonds is 4. The summed E-state index contributed by atoms with van der Waals surface area (Å²) in [6.45, 7) is 4.46. The average molecular weight is 214 g/mol. The van der Waals surface area contributed by atoms with Crippen molar-refractivity contribution >= 4 is 5.91 Å². The summed E-state index contributed by atoms with van der Waals surface area (Å²) in [5.74, 6) is 0.142. The second kappa shape index (κ2) is 4.94. The van der Waals surface area contributed by atoms with Gasteiger partial charge in [0.1, 0.15) is 0 Å². The van der Waals surface area contributed by atoms with Crippen LogP contribution in [-0.2, 0) is 4.79 Å². The van der Waals surface area contributed by atoms with Crippen LogP contribution in [0.4, 0.5) is 0 Å². The highest BCUT2D eigenvalue weighted by atomic mass is 16.3. The summed E-state index contributed by atoms with van der Waals surface area (Å²) in [5.41, 5.74) is 5.54. The molecule has 0 spiro atoms. The molecule has 1 amide bonds. The third-order valence-electron chi connectivity index (χ3n) is 3.47. The molecule has 1 saturated carbocycles. The van der Waals surface area contributed by atoms with E-state index in [1.807, 2.05) is 13.8 Å². The van der Waals surface area contributed by atoms with E-state index in [4.69, 9.17) is 10.8 Å². The molecular weight excluding hydrogens is 192 g/mol. The fraction of sp³-hybridized carbons (Fsp3) is 0.909. The lowest BCUT2D eigenvalue weighted by Crippen LogP contribution is -2.48. The first kappa shape index (κ1) is 12.5. The van der Waals surface area contributed by atoms with Gasteiger partial charge in [-0.15, -0.1) is 0 Å². The number of nitrogens with one attached hydrogen (secondary N) is 1. The number of carbonyl (C=O) groups is 1. The molecule has 0 aliphatic heterocycles. The van der Waals surface area contributed by atoms with E-state index in [2.05, 4.69) is 5.32 Å². The third kappa shape index (κ3) is 2.69. The maximum Gasteiger partial charge on any atom is 0.227 e. The van der Waals surface area contributed by atoms with Crippen LogP contribution in [0, 0.1) is 11.3 Å². The van der Waals surface area contributed by atoms with Crippen LogP contribution in [0.15, 0.2) is 0 Å².